The van der Waals surface area contributed by atoms with Gasteiger partial charge in [-0.15, -0.1) is 0 Å². The Balaban J connectivity index is 1.85. The number of rotatable bonds is 6. The van der Waals surface area contributed by atoms with E-state index in [0.717, 1.165) is 11.3 Å². The fourth-order valence-electron chi connectivity index (χ4n) is 2.28. The van der Waals surface area contributed by atoms with Crippen molar-refractivity contribution in [3.63, 3.8) is 0 Å². The zero-order valence-corrected chi connectivity index (χ0v) is 13.2. The molecule has 0 saturated carbocycles. The standard InChI is InChI=1S/C16H24N2O4/c1-13-11-18(6-7-22-13)16(19)17-15-5-3-4-14(10-15)12-21-9-8-20-2/h3-5,10,13H,6-9,11-12H2,1-2H3,(H,17,19). The summed E-state index contributed by atoms with van der Waals surface area (Å²) in [4.78, 5) is 14.0. The van der Waals surface area contributed by atoms with Crippen LogP contribution in [0.15, 0.2) is 24.3 Å². The Morgan fingerprint density at radius 1 is 1.45 bits per heavy atom. The first-order valence-electron chi connectivity index (χ1n) is 7.52. The summed E-state index contributed by atoms with van der Waals surface area (Å²) in [5.74, 6) is 0. The van der Waals surface area contributed by atoms with Crippen molar-refractivity contribution in [2.75, 3.05) is 45.3 Å². The van der Waals surface area contributed by atoms with Crippen LogP contribution in [0.4, 0.5) is 10.5 Å². The summed E-state index contributed by atoms with van der Waals surface area (Å²) in [7, 11) is 1.64. The van der Waals surface area contributed by atoms with Crippen LogP contribution in [-0.2, 0) is 20.8 Å². The molecule has 22 heavy (non-hydrogen) atoms. The SMILES string of the molecule is COCCOCc1cccc(NC(=O)N2CCOC(C)C2)c1. The molecule has 0 aliphatic carbocycles. The first-order chi connectivity index (χ1) is 10.7. The molecule has 6 nitrogen and oxygen atoms in total. The molecule has 1 unspecified atom stereocenters. The fourth-order valence-corrected chi connectivity index (χ4v) is 2.28. The molecular weight excluding hydrogens is 284 g/mol. The van der Waals surface area contributed by atoms with Gasteiger partial charge in [0.25, 0.3) is 0 Å². The Morgan fingerprint density at radius 3 is 3.09 bits per heavy atom. The Morgan fingerprint density at radius 2 is 2.32 bits per heavy atom. The summed E-state index contributed by atoms with van der Waals surface area (Å²) in [6.07, 6.45) is 0.0834. The molecule has 2 amide bonds. The highest BCUT2D eigenvalue weighted by atomic mass is 16.5. The molecule has 1 atom stereocenters. The highest BCUT2D eigenvalue weighted by Crippen LogP contribution is 2.13. The van der Waals surface area contributed by atoms with Crippen LogP contribution in [0.1, 0.15) is 12.5 Å². The van der Waals surface area contributed by atoms with Crippen LogP contribution in [-0.4, -0.2) is 57.1 Å². The number of hydrogen-bond donors (Lipinski definition) is 1. The summed E-state index contributed by atoms with van der Waals surface area (Å²) in [6.45, 7) is 5.42. The van der Waals surface area contributed by atoms with Crippen LogP contribution >= 0.6 is 0 Å². The largest absolute Gasteiger partial charge is 0.382 e. The number of benzene rings is 1. The van der Waals surface area contributed by atoms with Crippen molar-refractivity contribution in [1.29, 1.82) is 0 Å². The molecule has 2 rings (SSSR count). The molecule has 1 saturated heterocycles. The Hall–Kier alpha value is -1.63. The lowest BCUT2D eigenvalue weighted by Gasteiger charge is -2.31. The lowest BCUT2D eigenvalue weighted by atomic mass is 10.2. The highest BCUT2D eigenvalue weighted by molar-refractivity contribution is 5.89. The van der Waals surface area contributed by atoms with Gasteiger partial charge in [-0.05, 0) is 24.6 Å². The summed E-state index contributed by atoms with van der Waals surface area (Å²) < 4.78 is 15.9. The first kappa shape index (κ1) is 16.7. The van der Waals surface area contributed by atoms with Gasteiger partial charge in [0.15, 0.2) is 0 Å². The Labute approximate surface area is 131 Å². The molecule has 1 N–H and O–H groups in total. The molecule has 1 aliphatic heterocycles. The van der Waals surface area contributed by atoms with Gasteiger partial charge in [-0.1, -0.05) is 12.1 Å². The molecular formula is C16H24N2O4. The summed E-state index contributed by atoms with van der Waals surface area (Å²) in [5, 5.41) is 2.93. The second-order valence-electron chi connectivity index (χ2n) is 5.30. The number of nitrogens with one attached hydrogen (secondary N) is 1. The van der Waals surface area contributed by atoms with Crippen molar-refractivity contribution in [2.45, 2.75) is 19.6 Å². The van der Waals surface area contributed by atoms with Gasteiger partial charge in [-0.2, -0.15) is 0 Å². The number of nitrogens with zero attached hydrogens (tertiary/aromatic N) is 1. The van der Waals surface area contributed by atoms with Crippen molar-refractivity contribution in [3.8, 4) is 0 Å². The number of carbonyl (C=O) groups excluding carboxylic acids is 1. The maximum atomic E-state index is 12.2. The van der Waals surface area contributed by atoms with Crippen LogP contribution in [0.3, 0.4) is 0 Å². The second-order valence-corrected chi connectivity index (χ2v) is 5.30. The lowest BCUT2D eigenvalue weighted by Crippen LogP contribution is -2.46. The molecule has 1 aromatic carbocycles. The predicted octanol–water partition coefficient (Wildman–Crippen LogP) is 2.10. The van der Waals surface area contributed by atoms with E-state index in [-0.39, 0.29) is 12.1 Å². The molecule has 0 aromatic heterocycles. The van der Waals surface area contributed by atoms with E-state index in [2.05, 4.69) is 5.32 Å². The lowest BCUT2D eigenvalue weighted by molar-refractivity contribution is -0.00138. The van der Waals surface area contributed by atoms with E-state index in [1.54, 1.807) is 12.0 Å². The number of amides is 2. The van der Waals surface area contributed by atoms with Crippen molar-refractivity contribution in [1.82, 2.24) is 4.90 Å². The molecule has 1 fully saturated rings. The molecule has 1 heterocycles. The minimum absolute atomic E-state index is 0.0834. The predicted molar refractivity (Wildman–Crippen MR) is 84.0 cm³/mol. The maximum absolute atomic E-state index is 12.2. The minimum Gasteiger partial charge on any atom is -0.382 e. The van der Waals surface area contributed by atoms with Crippen LogP contribution in [0, 0.1) is 0 Å². The number of carbonyl (C=O) groups is 1. The zero-order valence-electron chi connectivity index (χ0n) is 13.2. The van der Waals surface area contributed by atoms with Gasteiger partial charge in [0.05, 0.1) is 32.5 Å². The average molecular weight is 308 g/mol. The summed E-state index contributed by atoms with van der Waals surface area (Å²) in [6, 6.07) is 7.59. The van der Waals surface area contributed by atoms with E-state index in [4.69, 9.17) is 14.2 Å². The van der Waals surface area contributed by atoms with Gasteiger partial charge >= 0.3 is 6.03 Å². The number of ether oxygens (including phenoxy) is 3. The van der Waals surface area contributed by atoms with Gasteiger partial charge in [0, 0.05) is 25.9 Å². The molecule has 0 spiro atoms. The van der Waals surface area contributed by atoms with Crippen molar-refractivity contribution in [2.24, 2.45) is 0 Å². The smallest absolute Gasteiger partial charge is 0.322 e. The highest BCUT2D eigenvalue weighted by Gasteiger charge is 2.21. The number of anilines is 1. The third-order valence-corrected chi connectivity index (χ3v) is 3.41. The van der Waals surface area contributed by atoms with Gasteiger partial charge in [0.1, 0.15) is 0 Å². The molecule has 122 valence electrons. The number of morpholine rings is 1. The molecule has 1 aromatic rings. The van der Waals surface area contributed by atoms with Gasteiger partial charge < -0.3 is 24.4 Å². The monoisotopic (exact) mass is 308 g/mol. The fraction of sp³-hybridized carbons (Fsp3) is 0.562. The zero-order chi connectivity index (χ0) is 15.8. The van der Waals surface area contributed by atoms with E-state index in [9.17, 15) is 4.79 Å². The van der Waals surface area contributed by atoms with E-state index < -0.39 is 0 Å². The third kappa shape index (κ3) is 5.29. The van der Waals surface area contributed by atoms with Gasteiger partial charge in [0.2, 0.25) is 0 Å². The van der Waals surface area contributed by atoms with E-state index >= 15 is 0 Å². The van der Waals surface area contributed by atoms with Crippen LogP contribution in [0.25, 0.3) is 0 Å². The molecule has 0 radical (unpaired) electrons. The van der Waals surface area contributed by atoms with Crippen molar-refractivity contribution < 1.29 is 19.0 Å². The van der Waals surface area contributed by atoms with Gasteiger partial charge in [-0.25, -0.2) is 4.79 Å². The average Bonchev–Trinajstić information content (AvgIpc) is 2.52. The quantitative estimate of drug-likeness (QED) is 0.818. The molecule has 6 heteroatoms. The Bertz CT molecular complexity index is 481. The molecule has 0 bridgehead atoms. The van der Waals surface area contributed by atoms with Crippen molar-refractivity contribution >= 4 is 11.7 Å². The number of hydrogen-bond acceptors (Lipinski definition) is 4. The van der Waals surface area contributed by atoms with Crippen LogP contribution in [0.5, 0.6) is 0 Å². The van der Waals surface area contributed by atoms with Crippen LogP contribution < -0.4 is 5.32 Å². The maximum Gasteiger partial charge on any atom is 0.322 e. The van der Waals surface area contributed by atoms with Crippen LogP contribution in [0.2, 0.25) is 0 Å². The normalized spacial score (nSPS) is 18.3. The van der Waals surface area contributed by atoms with E-state index in [1.807, 2.05) is 31.2 Å². The minimum atomic E-state index is -0.0902. The van der Waals surface area contributed by atoms with E-state index in [0.29, 0.717) is 39.5 Å². The first-order valence-corrected chi connectivity index (χ1v) is 7.52. The summed E-state index contributed by atoms with van der Waals surface area (Å²) in [5.41, 5.74) is 1.79. The van der Waals surface area contributed by atoms with Crippen molar-refractivity contribution in [3.05, 3.63) is 29.8 Å². The number of urea groups is 1. The molecule has 1 aliphatic rings. The van der Waals surface area contributed by atoms with Gasteiger partial charge in [-0.3, -0.25) is 0 Å². The van der Waals surface area contributed by atoms with E-state index in [1.165, 1.54) is 0 Å². The number of methoxy groups -OCH3 is 1. The topological polar surface area (TPSA) is 60.0 Å². The third-order valence-electron chi connectivity index (χ3n) is 3.41. The Kier molecular flexibility index (Phi) is 6.64. The second kappa shape index (κ2) is 8.73. The summed E-state index contributed by atoms with van der Waals surface area (Å²) >= 11 is 0.